The van der Waals surface area contributed by atoms with Crippen LogP contribution in [-0.4, -0.2) is 56.8 Å². The Bertz CT molecular complexity index is 957. The Kier molecular flexibility index (Phi) is 5.20. The molecule has 26 heavy (non-hydrogen) atoms. The highest BCUT2D eigenvalue weighted by atomic mass is 32.2. The zero-order chi connectivity index (χ0) is 18.9. The standard InChI is InChI=1S/C16H21N3O5S2/c1-13-16(14(2)24-17-13)26(22,23)19-10-8-18(9-11-19)25(20,21)12-15-6-4-3-5-7-15/h3-7H,8-12H2,1-2H3. The Morgan fingerprint density at radius 1 is 0.962 bits per heavy atom. The third-order valence-corrected chi connectivity index (χ3v) is 8.34. The number of hydrogen-bond acceptors (Lipinski definition) is 6. The van der Waals surface area contributed by atoms with Crippen LogP contribution >= 0.6 is 0 Å². The number of rotatable bonds is 5. The van der Waals surface area contributed by atoms with E-state index in [9.17, 15) is 16.8 Å². The van der Waals surface area contributed by atoms with Crippen molar-refractivity contribution in [2.45, 2.75) is 24.5 Å². The molecule has 1 saturated heterocycles. The topological polar surface area (TPSA) is 101 Å². The molecule has 2 aromatic rings. The first-order chi connectivity index (χ1) is 12.2. The summed E-state index contributed by atoms with van der Waals surface area (Å²) in [5.74, 6) is 0.145. The van der Waals surface area contributed by atoms with Crippen molar-refractivity contribution in [3.8, 4) is 0 Å². The summed E-state index contributed by atoms with van der Waals surface area (Å²) in [6, 6.07) is 8.93. The first-order valence-corrected chi connectivity index (χ1v) is 11.2. The molecule has 1 aliphatic rings. The lowest BCUT2D eigenvalue weighted by Crippen LogP contribution is -2.50. The Labute approximate surface area is 153 Å². The largest absolute Gasteiger partial charge is 0.360 e. The summed E-state index contributed by atoms with van der Waals surface area (Å²) in [6.07, 6.45) is 0. The second-order valence-corrected chi connectivity index (χ2v) is 10.0. The smallest absolute Gasteiger partial charge is 0.248 e. The maximum Gasteiger partial charge on any atom is 0.248 e. The summed E-state index contributed by atoms with van der Waals surface area (Å²) in [4.78, 5) is 0.0677. The summed E-state index contributed by atoms with van der Waals surface area (Å²) in [7, 11) is -7.25. The Morgan fingerprint density at radius 2 is 1.54 bits per heavy atom. The normalized spacial score (nSPS) is 17.5. The van der Waals surface area contributed by atoms with Crippen LogP contribution in [0.2, 0.25) is 0 Å². The number of aromatic nitrogens is 1. The number of benzene rings is 1. The molecule has 142 valence electrons. The molecule has 3 rings (SSSR count). The zero-order valence-corrected chi connectivity index (χ0v) is 16.3. The molecule has 10 heteroatoms. The minimum atomic E-state index is -3.75. The average Bonchev–Trinajstić information content (AvgIpc) is 2.95. The molecule has 1 aromatic heterocycles. The van der Waals surface area contributed by atoms with E-state index in [2.05, 4.69) is 5.16 Å². The van der Waals surface area contributed by atoms with Gasteiger partial charge in [0.1, 0.15) is 10.6 Å². The quantitative estimate of drug-likeness (QED) is 0.747. The van der Waals surface area contributed by atoms with Crippen molar-refractivity contribution < 1.29 is 21.4 Å². The highest BCUT2D eigenvalue weighted by Crippen LogP contribution is 2.25. The number of piperazine rings is 1. The lowest BCUT2D eigenvalue weighted by molar-refractivity contribution is 0.272. The lowest BCUT2D eigenvalue weighted by Gasteiger charge is -2.33. The third-order valence-electron chi connectivity index (χ3n) is 4.35. The molecule has 8 nitrogen and oxygen atoms in total. The molecule has 0 bridgehead atoms. The van der Waals surface area contributed by atoms with Gasteiger partial charge in [0.25, 0.3) is 0 Å². The summed E-state index contributed by atoms with van der Waals surface area (Å²) < 4.78 is 58.3. The van der Waals surface area contributed by atoms with E-state index in [0.717, 1.165) is 0 Å². The SMILES string of the molecule is Cc1noc(C)c1S(=O)(=O)N1CCN(S(=O)(=O)Cc2ccccc2)CC1. The second kappa shape index (κ2) is 7.10. The summed E-state index contributed by atoms with van der Waals surface area (Å²) in [6.45, 7) is 3.56. The maximum absolute atomic E-state index is 12.8. The first kappa shape index (κ1) is 19.0. The lowest BCUT2D eigenvalue weighted by atomic mass is 10.2. The summed E-state index contributed by atoms with van der Waals surface area (Å²) >= 11 is 0. The van der Waals surface area contributed by atoms with Crippen LogP contribution < -0.4 is 0 Å². The molecule has 0 spiro atoms. The molecule has 0 amide bonds. The van der Waals surface area contributed by atoms with Crippen LogP contribution in [0.15, 0.2) is 39.8 Å². The molecule has 1 aromatic carbocycles. The van der Waals surface area contributed by atoms with E-state index in [4.69, 9.17) is 4.52 Å². The Hall–Kier alpha value is -1.75. The van der Waals surface area contributed by atoms with Crippen molar-refractivity contribution in [3.63, 3.8) is 0 Å². The molecule has 0 radical (unpaired) electrons. The van der Waals surface area contributed by atoms with E-state index in [-0.39, 0.29) is 42.6 Å². The fourth-order valence-electron chi connectivity index (χ4n) is 3.04. The van der Waals surface area contributed by atoms with Gasteiger partial charge in [-0.15, -0.1) is 0 Å². The van der Waals surface area contributed by atoms with Gasteiger partial charge >= 0.3 is 0 Å². The summed E-state index contributed by atoms with van der Waals surface area (Å²) in [5, 5.41) is 3.69. The van der Waals surface area contributed by atoms with E-state index in [1.807, 2.05) is 6.07 Å². The van der Waals surface area contributed by atoms with Gasteiger partial charge in [0, 0.05) is 26.2 Å². The van der Waals surface area contributed by atoms with Gasteiger partial charge in [-0.05, 0) is 19.4 Å². The van der Waals surface area contributed by atoms with Gasteiger partial charge in [0.05, 0.1) is 5.75 Å². The number of sulfonamides is 2. The van der Waals surface area contributed by atoms with Crippen LogP contribution in [0.1, 0.15) is 17.0 Å². The molecule has 0 saturated carbocycles. The van der Waals surface area contributed by atoms with Crippen molar-refractivity contribution in [1.29, 1.82) is 0 Å². The van der Waals surface area contributed by atoms with E-state index in [0.29, 0.717) is 11.3 Å². The maximum atomic E-state index is 12.8. The van der Waals surface area contributed by atoms with Crippen molar-refractivity contribution in [3.05, 3.63) is 47.3 Å². The van der Waals surface area contributed by atoms with Crippen molar-refractivity contribution in [1.82, 2.24) is 13.8 Å². The van der Waals surface area contributed by atoms with Gasteiger partial charge in [-0.2, -0.15) is 8.61 Å². The van der Waals surface area contributed by atoms with Crippen LogP contribution in [0.3, 0.4) is 0 Å². The molecule has 0 atom stereocenters. The molecule has 0 N–H and O–H groups in total. The van der Waals surface area contributed by atoms with Crippen LogP contribution in [0.25, 0.3) is 0 Å². The molecule has 0 unspecified atom stereocenters. The average molecular weight is 399 g/mol. The Morgan fingerprint density at radius 3 is 2.08 bits per heavy atom. The summed E-state index contributed by atoms with van der Waals surface area (Å²) in [5.41, 5.74) is 1.01. The first-order valence-electron chi connectivity index (χ1n) is 8.16. The van der Waals surface area contributed by atoms with Crippen LogP contribution in [0.4, 0.5) is 0 Å². The van der Waals surface area contributed by atoms with Crippen molar-refractivity contribution in [2.24, 2.45) is 0 Å². The van der Waals surface area contributed by atoms with Crippen LogP contribution in [-0.2, 0) is 25.8 Å². The molecule has 1 aliphatic heterocycles. The number of aryl methyl sites for hydroxylation is 2. The van der Waals surface area contributed by atoms with Gasteiger partial charge < -0.3 is 4.52 Å². The fraction of sp³-hybridized carbons (Fsp3) is 0.438. The van der Waals surface area contributed by atoms with Gasteiger partial charge in [0.15, 0.2) is 5.76 Å². The van der Waals surface area contributed by atoms with E-state index in [1.165, 1.54) is 8.61 Å². The third kappa shape index (κ3) is 3.68. The minimum Gasteiger partial charge on any atom is -0.360 e. The molecule has 2 heterocycles. The molecular weight excluding hydrogens is 378 g/mol. The predicted octanol–water partition coefficient (Wildman–Crippen LogP) is 1.13. The zero-order valence-electron chi connectivity index (χ0n) is 14.6. The monoisotopic (exact) mass is 399 g/mol. The van der Waals surface area contributed by atoms with E-state index < -0.39 is 20.0 Å². The molecular formula is C16H21N3O5S2. The van der Waals surface area contributed by atoms with Gasteiger partial charge in [0.2, 0.25) is 20.0 Å². The van der Waals surface area contributed by atoms with Gasteiger partial charge in [-0.3, -0.25) is 0 Å². The van der Waals surface area contributed by atoms with E-state index >= 15 is 0 Å². The molecule has 1 fully saturated rings. The number of nitrogens with zero attached hydrogens (tertiary/aromatic N) is 3. The predicted molar refractivity (Wildman–Crippen MR) is 95.4 cm³/mol. The number of hydrogen-bond donors (Lipinski definition) is 0. The highest BCUT2D eigenvalue weighted by Gasteiger charge is 2.35. The van der Waals surface area contributed by atoms with Gasteiger partial charge in [-0.1, -0.05) is 35.5 Å². The highest BCUT2D eigenvalue weighted by molar-refractivity contribution is 7.89. The van der Waals surface area contributed by atoms with E-state index in [1.54, 1.807) is 38.1 Å². The van der Waals surface area contributed by atoms with Crippen molar-refractivity contribution in [2.75, 3.05) is 26.2 Å². The van der Waals surface area contributed by atoms with Crippen LogP contribution in [0, 0.1) is 13.8 Å². The van der Waals surface area contributed by atoms with Crippen LogP contribution in [0.5, 0.6) is 0 Å². The second-order valence-electron chi connectivity index (χ2n) is 6.20. The molecule has 0 aliphatic carbocycles. The Balaban J connectivity index is 1.71. The van der Waals surface area contributed by atoms with Crippen molar-refractivity contribution >= 4 is 20.0 Å². The minimum absolute atomic E-state index is 0.0677. The van der Waals surface area contributed by atoms with Gasteiger partial charge in [-0.25, -0.2) is 16.8 Å². The fourth-order valence-corrected chi connectivity index (χ4v) is 6.27.